The second kappa shape index (κ2) is 9.20. The molecule has 3 rings (SSSR count). The van der Waals surface area contributed by atoms with E-state index in [2.05, 4.69) is 4.90 Å². The molecule has 1 aliphatic carbocycles. The third-order valence-corrected chi connectivity index (χ3v) is 6.11. The van der Waals surface area contributed by atoms with Crippen LogP contribution in [0, 0.1) is 17.7 Å². The van der Waals surface area contributed by atoms with Gasteiger partial charge >= 0.3 is 0 Å². The summed E-state index contributed by atoms with van der Waals surface area (Å²) in [6.07, 6.45) is 8.10. The molecule has 0 N–H and O–H groups in total. The molecule has 1 saturated carbocycles. The number of halogens is 2. The maximum absolute atomic E-state index is 13.1. The lowest BCUT2D eigenvalue weighted by Gasteiger charge is -2.35. The van der Waals surface area contributed by atoms with E-state index in [1.54, 1.807) is 6.07 Å². The van der Waals surface area contributed by atoms with Gasteiger partial charge in [-0.1, -0.05) is 30.9 Å². The molecule has 2 fully saturated rings. The van der Waals surface area contributed by atoms with Crippen LogP contribution in [0.25, 0.3) is 0 Å². The largest absolute Gasteiger partial charge is 0.489 e. The Morgan fingerprint density at radius 1 is 1.12 bits per heavy atom. The van der Waals surface area contributed by atoms with Gasteiger partial charge in [-0.25, -0.2) is 9.50 Å². The van der Waals surface area contributed by atoms with Crippen LogP contribution < -0.4 is 4.74 Å². The SMILES string of the molecule is [O]CC1CCCCC1CCN1CCC(Oc2ccc(F)cc2Cl)CC1. The van der Waals surface area contributed by atoms with Crippen molar-refractivity contribution in [3.05, 3.63) is 29.0 Å². The molecule has 1 radical (unpaired) electrons. The Hall–Kier alpha value is -0.840. The average Bonchev–Trinajstić information content (AvgIpc) is 2.63. The van der Waals surface area contributed by atoms with E-state index in [1.807, 2.05) is 0 Å². The summed E-state index contributed by atoms with van der Waals surface area (Å²) in [5, 5.41) is 11.7. The highest BCUT2D eigenvalue weighted by Gasteiger charge is 2.27. The normalized spacial score (nSPS) is 25.9. The standard InChI is InChI=1S/C20H28ClFNO2/c21-19-13-17(22)5-6-20(19)25-18-8-11-23(12-9-18)10-7-15-3-1-2-4-16(15)14-24/h5-6,13,15-16,18H,1-4,7-12,14H2. The molecule has 1 aromatic carbocycles. The third kappa shape index (κ3) is 5.32. The van der Waals surface area contributed by atoms with Crippen LogP contribution in [0.2, 0.25) is 5.02 Å². The molecule has 0 bridgehead atoms. The quantitative estimate of drug-likeness (QED) is 0.711. The minimum absolute atomic E-state index is 0.0962. The summed E-state index contributed by atoms with van der Waals surface area (Å²) >= 11 is 6.04. The summed E-state index contributed by atoms with van der Waals surface area (Å²) in [4.78, 5) is 2.49. The first-order valence-corrected chi connectivity index (χ1v) is 9.95. The first-order chi connectivity index (χ1) is 12.2. The van der Waals surface area contributed by atoms with E-state index in [9.17, 15) is 9.50 Å². The van der Waals surface area contributed by atoms with Crippen LogP contribution in [-0.2, 0) is 5.11 Å². The number of piperidine rings is 1. The second-order valence-electron chi connectivity index (χ2n) is 7.49. The Morgan fingerprint density at radius 3 is 2.52 bits per heavy atom. The Labute approximate surface area is 155 Å². The van der Waals surface area contributed by atoms with Gasteiger partial charge in [0.15, 0.2) is 0 Å². The lowest BCUT2D eigenvalue weighted by Crippen LogP contribution is -2.39. The van der Waals surface area contributed by atoms with Crippen molar-refractivity contribution < 1.29 is 14.2 Å². The highest BCUT2D eigenvalue weighted by molar-refractivity contribution is 6.32. The molecule has 2 atom stereocenters. The van der Waals surface area contributed by atoms with E-state index in [0.29, 0.717) is 22.6 Å². The summed E-state index contributed by atoms with van der Waals surface area (Å²) in [6.45, 7) is 3.21. The van der Waals surface area contributed by atoms with Crippen molar-refractivity contribution in [2.75, 3.05) is 26.2 Å². The maximum atomic E-state index is 13.1. The number of ether oxygens (including phenoxy) is 1. The van der Waals surface area contributed by atoms with E-state index in [-0.39, 0.29) is 18.5 Å². The fourth-order valence-electron chi connectivity index (χ4n) is 4.23. The van der Waals surface area contributed by atoms with Crippen LogP contribution in [0.3, 0.4) is 0 Å². The molecule has 0 aromatic heterocycles. The molecule has 0 amide bonds. The number of nitrogens with zero attached hydrogens (tertiary/aromatic N) is 1. The predicted octanol–water partition coefficient (Wildman–Crippen LogP) is 4.95. The van der Waals surface area contributed by atoms with Gasteiger partial charge in [0, 0.05) is 13.1 Å². The maximum Gasteiger partial charge on any atom is 0.138 e. The van der Waals surface area contributed by atoms with Crippen LogP contribution >= 0.6 is 11.6 Å². The monoisotopic (exact) mass is 368 g/mol. The van der Waals surface area contributed by atoms with Crippen molar-refractivity contribution in [3.8, 4) is 5.75 Å². The molecule has 3 nitrogen and oxygen atoms in total. The second-order valence-corrected chi connectivity index (χ2v) is 7.90. The third-order valence-electron chi connectivity index (χ3n) is 5.82. The smallest absolute Gasteiger partial charge is 0.138 e. The van der Waals surface area contributed by atoms with Gasteiger partial charge in [-0.3, -0.25) is 0 Å². The molecular weight excluding hydrogens is 341 g/mol. The van der Waals surface area contributed by atoms with Gasteiger partial charge in [-0.15, -0.1) is 0 Å². The zero-order valence-corrected chi connectivity index (χ0v) is 15.5. The molecule has 25 heavy (non-hydrogen) atoms. The van der Waals surface area contributed by atoms with Crippen molar-refractivity contribution in [3.63, 3.8) is 0 Å². The Bertz CT molecular complexity index is 548. The van der Waals surface area contributed by atoms with Crippen molar-refractivity contribution in [1.82, 2.24) is 4.90 Å². The van der Waals surface area contributed by atoms with Gasteiger partial charge in [-0.05, 0) is 62.3 Å². The van der Waals surface area contributed by atoms with Crippen molar-refractivity contribution in [1.29, 1.82) is 0 Å². The van der Waals surface area contributed by atoms with Crippen LogP contribution in [0.1, 0.15) is 44.9 Å². The zero-order valence-electron chi connectivity index (χ0n) is 14.8. The van der Waals surface area contributed by atoms with Crippen LogP contribution in [0.15, 0.2) is 18.2 Å². The number of hydrogen-bond donors (Lipinski definition) is 0. The topological polar surface area (TPSA) is 32.4 Å². The van der Waals surface area contributed by atoms with Crippen molar-refractivity contribution in [2.24, 2.45) is 11.8 Å². The molecule has 139 valence electrons. The molecular formula is C20H28ClFNO2. The van der Waals surface area contributed by atoms with Crippen LogP contribution in [-0.4, -0.2) is 37.2 Å². The van der Waals surface area contributed by atoms with Crippen LogP contribution in [0.5, 0.6) is 5.75 Å². The van der Waals surface area contributed by atoms with Gasteiger partial charge in [0.1, 0.15) is 17.7 Å². The van der Waals surface area contributed by atoms with Crippen molar-refractivity contribution in [2.45, 2.75) is 51.0 Å². The van der Waals surface area contributed by atoms with Gasteiger partial charge in [0.25, 0.3) is 0 Å². The zero-order chi connectivity index (χ0) is 17.6. The highest BCUT2D eigenvalue weighted by atomic mass is 35.5. The first kappa shape index (κ1) is 18.9. The van der Waals surface area contributed by atoms with E-state index in [0.717, 1.165) is 45.3 Å². The summed E-state index contributed by atoms with van der Waals surface area (Å²) in [5.41, 5.74) is 0. The lowest BCUT2D eigenvalue weighted by molar-refractivity contribution is 0.0647. The van der Waals surface area contributed by atoms with Gasteiger partial charge < -0.3 is 9.64 Å². The molecule has 1 aromatic rings. The van der Waals surface area contributed by atoms with E-state index < -0.39 is 0 Å². The van der Waals surface area contributed by atoms with Crippen molar-refractivity contribution >= 4 is 11.6 Å². The Morgan fingerprint density at radius 2 is 1.84 bits per heavy atom. The van der Waals surface area contributed by atoms with Crippen LogP contribution in [0.4, 0.5) is 4.39 Å². The summed E-state index contributed by atoms with van der Waals surface area (Å²) in [5.74, 6) is 1.25. The fourth-order valence-corrected chi connectivity index (χ4v) is 4.45. The highest BCUT2D eigenvalue weighted by Crippen LogP contribution is 2.33. The number of likely N-dealkylation sites (tertiary alicyclic amines) is 1. The molecule has 2 aliphatic rings. The summed E-state index contributed by atoms with van der Waals surface area (Å²) in [6, 6.07) is 4.28. The van der Waals surface area contributed by atoms with Gasteiger partial charge in [-0.2, -0.15) is 0 Å². The van der Waals surface area contributed by atoms with E-state index in [1.165, 1.54) is 31.4 Å². The fraction of sp³-hybridized carbons (Fsp3) is 0.700. The summed E-state index contributed by atoms with van der Waals surface area (Å²) < 4.78 is 19.1. The first-order valence-electron chi connectivity index (χ1n) is 9.58. The molecule has 0 spiro atoms. The predicted molar refractivity (Wildman–Crippen MR) is 97.1 cm³/mol. The lowest BCUT2D eigenvalue weighted by atomic mass is 9.78. The number of hydrogen-bond acceptors (Lipinski definition) is 2. The number of rotatable bonds is 6. The minimum atomic E-state index is -0.341. The molecule has 5 heteroatoms. The molecule has 1 saturated heterocycles. The molecule has 2 unspecified atom stereocenters. The minimum Gasteiger partial charge on any atom is -0.489 e. The Balaban J connectivity index is 1.41. The van der Waals surface area contributed by atoms with Gasteiger partial charge in [0.05, 0.1) is 11.6 Å². The Kier molecular flexibility index (Phi) is 6.97. The average molecular weight is 369 g/mol. The summed E-state index contributed by atoms with van der Waals surface area (Å²) in [7, 11) is 0. The number of benzene rings is 1. The molecule has 1 heterocycles. The van der Waals surface area contributed by atoms with Gasteiger partial charge in [0.2, 0.25) is 0 Å². The van der Waals surface area contributed by atoms with E-state index in [4.69, 9.17) is 16.3 Å². The molecule has 1 aliphatic heterocycles. The van der Waals surface area contributed by atoms with E-state index >= 15 is 0 Å².